The average Bonchev–Trinajstić information content (AvgIpc) is 3.10. The van der Waals surface area contributed by atoms with Crippen LogP contribution >= 0.6 is 0 Å². The summed E-state index contributed by atoms with van der Waals surface area (Å²) in [5.41, 5.74) is -1.78. The zero-order chi connectivity index (χ0) is 26.9. The van der Waals surface area contributed by atoms with Crippen LogP contribution < -0.4 is 14.2 Å². The lowest BCUT2D eigenvalue weighted by Gasteiger charge is -2.45. The summed E-state index contributed by atoms with van der Waals surface area (Å²) in [6.45, 7) is -0.268. The molecule has 2 atom stereocenters. The number of rotatable bonds is 6. The first-order chi connectivity index (χ1) is 17.8. The summed E-state index contributed by atoms with van der Waals surface area (Å²) in [6.07, 6.45) is 0.826. The van der Waals surface area contributed by atoms with Crippen LogP contribution in [0.3, 0.4) is 0 Å². The maximum absolute atomic E-state index is 14.4. The van der Waals surface area contributed by atoms with E-state index in [4.69, 9.17) is 28.4 Å². The highest BCUT2D eigenvalue weighted by atomic mass is 19.1. The predicted octanol–water partition coefficient (Wildman–Crippen LogP) is 3.62. The molecule has 0 saturated carbocycles. The number of methoxy groups -OCH3 is 5. The lowest BCUT2D eigenvalue weighted by Crippen LogP contribution is -2.65. The Balaban J connectivity index is 2.00. The van der Waals surface area contributed by atoms with E-state index in [0.717, 1.165) is 24.2 Å². The van der Waals surface area contributed by atoms with Crippen LogP contribution in [0.15, 0.2) is 42.5 Å². The zero-order valence-electron chi connectivity index (χ0n) is 20.8. The van der Waals surface area contributed by atoms with E-state index in [9.17, 15) is 18.8 Å². The first kappa shape index (κ1) is 25.8. The Labute approximate surface area is 211 Å². The number of hydrogen-bond acceptors (Lipinski definition) is 9. The molecule has 0 unspecified atom stereocenters. The van der Waals surface area contributed by atoms with Gasteiger partial charge in [0, 0.05) is 12.7 Å². The van der Waals surface area contributed by atoms with Crippen LogP contribution in [0.5, 0.6) is 17.2 Å². The van der Waals surface area contributed by atoms with Crippen molar-refractivity contribution in [1.82, 2.24) is 10.0 Å². The van der Waals surface area contributed by atoms with Crippen molar-refractivity contribution in [3.05, 3.63) is 65.0 Å². The van der Waals surface area contributed by atoms with Crippen molar-refractivity contribution in [2.45, 2.75) is 18.4 Å². The Morgan fingerprint density at radius 2 is 1.70 bits per heavy atom. The summed E-state index contributed by atoms with van der Waals surface area (Å²) in [5.74, 6) is -1.16. The van der Waals surface area contributed by atoms with Gasteiger partial charge in [0.25, 0.3) is 0 Å². The molecular formula is C25H25FN2O9. The molecule has 0 N–H and O–H groups in total. The summed E-state index contributed by atoms with van der Waals surface area (Å²) in [7, 11) is 6.14. The molecule has 3 aliphatic rings. The standard InChI is InChI=1S/C25H25FN2O9/c1-32-18-12-15-17-10-11-25(36-5,28(24(31)35-4)27(17)23(30)34-3)22(29)19(15)21(20(18)33-2)37-13-14-8-6-7-9-16(14)26/h6-12,17H,13H2,1-5H3/t17-,25-/m1/s1. The molecule has 2 amide bonds. The fraction of sp³-hybridized carbons (Fsp3) is 0.320. The summed E-state index contributed by atoms with van der Waals surface area (Å²) in [4.78, 5) is 40.1. The third-order valence-electron chi connectivity index (χ3n) is 6.18. The molecule has 0 aromatic heterocycles. The van der Waals surface area contributed by atoms with Crippen LogP contribution in [0.4, 0.5) is 14.0 Å². The Morgan fingerprint density at radius 3 is 2.30 bits per heavy atom. The molecule has 2 aromatic carbocycles. The van der Waals surface area contributed by atoms with Crippen molar-refractivity contribution in [2.75, 3.05) is 35.5 Å². The molecule has 0 fully saturated rings. The van der Waals surface area contributed by atoms with Gasteiger partial charge in [-0.3, -0.25) is 4.79 Å². The molecule has 5 rings (SSSR count). The van der Waals surface area contributed by atoms with E-state index in [1.807, 2.05) is 0 Å². The average molecular weight is 516 g/mol. The maximum atomic E-state index is 14.4. The molecule has 1 aliphatic carbocycles. The molecule has 196 valence electrons. The third kappa shape index (κ3) is 3.89. The molecule has 2 bridgehead atoms. The second-order valence-electron chi connectivity index (χ2n) is 7.92. The van der Waals surface area contributed by atoms with E-state index in [1.54, 1.807) is 6.07 Å². The number of ether oxygens (including phenoxy) is 6. The first-order valence-corrected chi connectivity index (χ1v) is 11.0. The zero-order valence-corrected chi connectivity index (χ0v) is 20.8. The lowest BCUT2D eigenvalue weighted by molar-refractivity contribution is -0.155. The highest BCUT2D eigenvalue weighted by Gasteiger charge is 2.59. The van der Waals surface area contributed by atoms with Gasteiger partial charge < -0.3 is 28.4 Å². The van der Waals surface area contributed by atoms with Crippen molar-refractivity contribution in [3.8, 4) is 17.2 Å². The number of nitrogens with zero attached hydrogens (tertiary/aromatic N) is 2. The summed E-state index contributed by atoms with van der Waals surface area (Å²) < 4.78 is 46.8. The molecule has 37 heavy (non-hydrogen) atoms. The number of ketones is 1. The van der Waals surface area contributed by atoms with Gasteiger partial charge in [-0.2, -0.15) is 10.0 Å². The van der Waals surface area contributed by atoms with Gasteiger partial charge in [0.1, 0.15) is 18.5 Å². The van der Waals surface area contributed by atoms with Crippen molar-refractivity contribution in [3.63, 3.8) is 0 Å². The van der Waals surface area contributed by atoms with Gasteiger partial charge in [0.15, 0.2) is 11.5 Å². The molecule has 0 radical (unpaired) electrons. The third-order valence-corrected chi connectivity index (χ3v) is 6.18. The number of hydrazine groups is 1. The lowest BCUT2D eigenvalue weighted by atomic mass is 9.95. The Bertz CT molecular complexity index is 1280. The SMILES string of the molecule is COC(=O)N1[C@@H]2C=C[C@@](OC)(C(=O)c3c2cc(OC)c(OC)c3OCc2ccccc2F)N1C(=O)OC. The van der Waals surface area contributed by atoms with Crippen molar-refractivity contribution >= 4 is 18.0 Å². The van der Waals surface area contributed by atoms with Crippen LogP contribution in [0, 0.1) is 5.82 Å². The minimum absolute atomic E-state index is 0.0488. The van der Waals surface area contributed by atoms with Crippen LogP contribution in [0.25, 0.3) is 0 Å². The summed E-state index contributed by atoms with van der Waals surface area (Å²) >= 11 is 0. The van der Waals surface area contributed by atoms with Crippen LogP contribution in [-0.2, 0) is 20.8 Å². The van der Waals surface area contributed by atoms with Gasteiger partial charge in [0.05, 0.1) is 34.0 Å². The number of fused-ring (bicyclic) bond motifs is 1. The molecule has 2 aliphatic heterocycles. The topological polar surface area (TPSA) is 113 Å². The number of carbonyl (C=O) groups excluding carboxylic acids is 3. The van der Waals surface area contributed by atoms with E-state index in [-0.39, 0.29) is 40.5 Å². The van der Waals surface area contributed by atoms with Crippen molar-refractivity contribution in [2.24, 2.45) is 0 Å². The molecule has 2 aromatic rings. The maximum Gasteiger partial charge on any atom is 0.432 e. The molecule has 12 heteroatoms. The van der Waals surface area contributed by atoms with Gasteiger partial charge in [0.2, 0.25) is 17.3 Å². The largest absolute Gasteiger partial charge is 0.493 e. The molecule has 0 saturated heterocycles. The number of benzene rings is 2. The summed E-state index contributed by atoms with van der Waals surface area (Å²) in [5, 5.41) is 1.65. The Hall–Kier alpha value is -4.32. The quantitative estimate of drug-likeness (QED) is 0.531. The number of hydrogen-bond donors (Lipinski definition) is 0. The van der Waals surface area contributed by atoms with E-state index in [2.05, 4.69) is 0 Å². The molecule has 2 heterocycles. The minimum Gasteiger partial charge on any atom is -0.493 e. The highest BCUT2D eigenvalue weighted by molar-refractivity contribution is 6.10. The van der Waals surface area contributed by atoms with Crippen LogP contribution in [0.1, 0.15) is 27.5 Å². The van der Waals surface area contributed by atoms with Gasteiger partial charge >= 0.3 is 12.2 Å². The van der Waals surface area contributed by atoms with E-state index < -0.39 is 35.6 Å². The molecular weight excluding hydrogens is 491 g/mol. The first-order valence-electron chi connectivity index (χ1n) is 11.0. The van der Waals surface area contributed by atoms with E-state index >= 15 is 0 Å². The van der Waals surface area contributed by atoms with Crippen molar-refractivity contribution in [1.29, 1.82) is 0 Å². The van der Waals surface area contributed by atoms with E-state index in [1.165, 1.54) is 57.7 Å². The Morgan fingerprint density at radius 1 is 1.00 bits per heavy atom. The van der Waals surface area contributed by atoms with E-state index in [0.29, 0.717) is 0 Å². The Kier molecular flexibility index (Phi) is 6.94. The van der Waals surface area contributed by atoms with Crippen molar-refractivity contribution < 1.29 is 47.2 Å². The normalized spacial score (nSPS) is 19.7. The minimum atomic E-state index is -2.15. The fourth-order valence-corrected chi connectivity index (χ4v) is 4.44. The van der Waals surface area contributed by atoms with Crippen LogP contribution in [-0.4, -0.2) is 69.3 Å². The number of amides is 2. The van der Waals surface area contributed by atoms with Gasteiger partial charge in [-0.1, -0.05) is 24.3 Å². The molecule has 0 spiro atoms. The monoisotopic (exact) mass is 516 g/mol. The molecule has 11 nitrogen and oxygen atoms in total. The predicted molar refractivity (Wildman–Crippen MR) is 125 cm³/mol. The summed E-state index contributed by atoms with van der Waals surface area (Å²) in [6, 6.07) is 6.42. The second-order valence-corrected chi connectivity index (χ2v) is 7.92. The highest BCUT2D eigenvalue weighted by Crippen LogP contribution is 2.52. The number of carbonyl (C=O) groups is 3. The van der Waals surface area contributed by atoms with Gasteiger partial charge in [-0.15, -0.1) is 0 Å². The smallest absolute Gasteiger partial charge is 0.432 e. The van der Waals surface area contributed by atoms with Gasteiger partial charge in [-0.05, 0) is 23.8 Å². The van der Waals surface area contributed by atoms with Gasteiger partial charge in [-0.25, -0.2) is 14.0 Å². The fourth-order valence-electron chi connectivity index (χ4n) is 4.44. The number of Topliss-reactive ketones (excluding diaryl/α,β-unsaturated/α-hetero) is 1. The number of halogens is 1. The second kappa shape index (κ2) is 9.97. The van der Waals surface area contributed by atoms with Crippen LogP contribution in [0.2, 0.25) is 0 Å².